The van der Waals surface area contributed by atoms with Crippen molar-refractivity contribution in [2.45, 2.75) is 18.0 Å². The maximum Gasteiger partial charge on any atom is 0.400 e. The average Bonchev–Trinajstić information content (AvgIpc) is 3.31. The van der Waals surface area contributed by atoms with Gasteiger partial charge in [0.1, 0.15) is 5.41 Å². The summed E-state index contributed by atoms with van der Waals surface area (Å²) in [6, 6.07) is 11.0. The summed E-state index contributed by atoms with van der Waals surface area (Å²) in [5.74, 6) is 0. The highest BCUT2D eigenvalue weighted by molar-refractivity contribution is 6.34. The summed E-state index contributed by atoms with van der Waals surface area (Å²) in [6.07, 6.45) is -1.56. The zero-order valence-corrected chi connectivity index (χ0v) is 15.8. The van der Waals surface area contributed by atoms with Crippen LogP contribution < -0.4 is 0 Å². The number of hydrogen-bond acceptors (Lipinski definition) is 3. The molecule has 0 amide bonds. The van der Waals surface area contributed by atoms with Crippen molar-refractivity contribution in [2.75, 3.05) is 6.54 Å². The zero-order chi connectivity index (χ0) is 19.9. The van der Waals surface area contributed by atoms with Crippen molar-refractivity contribution >= 4 is 28.9 Å². The van der Waals surface area contributed by atoms with Gasteiger partial charge in [-0.25, -0.2) is 4.68 Å². The van der Waals surface area contributed by atoms with E-state index in [1.807, 2.05) is 0 Å². The smallest absolute Gasteiger partial charge is 0.288 e. The standard InChI is InChI=1S/C19H13Cl2F3N4/c20-14-7-13(8-15(21)9-14)18(19(22,23)24)10-17(25-11-18)12-1-3-16(4-2-12)28-6-5-26-27-28/h1-9H,10-11H2. The topological polar surface area (TPSA) is 43.1 Å². The van der Waals surface area contributed by atoms with Crippen LogP contribution in [0.15, 0.2) is 59.9 Å². The molecule has 2 heterocycles. The van der Waals surface area contributed by atoms with Crippen LogP contribution in [0.3, 0.4) is 0 Å². The molecule has 4 rings (SSSR count). The van der Waals surface area contributed by atoms with E-state index in [1.165, 1.54) is 18.2 Å². The number of rotatable bonds is 3. The monoisotopic (exact) mass is 424 g/mol. The normalized spacial score (nSPS) is 19.7. The van der Waals surface area contributed by atoms with Gasteiger partial charge >= 0.3 is 6.18 Å². The second kappa shape index (κ2) is 6.90. The van der Waals surface area contributed by atoms with Crippen molar-refractivity contribution < 1.29 is 13.2 Å². The number of aliphatic imine (C=N–C) groups is 1. The van der Waals surface area contributed by atoms with Gasteiger partial charge in [-0.15, -0.1) is 5.10 Å². The zero-order valence-electron chi connectivity index (χ0n) is 14.3. The third-order valence-corrected chi connectivity index (χ3v) is 5.29. The number of aromatic nitrogens is 3. The lowest BCUT2D eigenvalue weighted by atomic mass is 9.76. The van der Waals surface area contributed by atoms with Gasteiger partial charge in [0.25, 0.3) is 0 Å². The molecule has 4 nitrogen and oxygen atoms in total. The van der Waals surface area contributed by atoms with Gasteiger partial charge in [0.05, 0.1) is 24.6 Å². The Kier molecular flexibility index (Phi) is 4.67. The van der Waals surface area contributed by atoms with Crippen molar-refractivity contribution in [3.05, 3.63) is 76.0 Å². The number of benzene rings is 2. The second-order valence-corrected chi connectivity index (χ2v) is 7.45. The van der Waals surface area contributed by atoms with E-state index in [-0.39, 0.29) is 22.0 Å². The molecular weight excluding hydrogens is 412 g/mol. The first-order valence-corrected chi connectivity index (χ1v) is 9.08. The average molecular weight is 425 g/mol. The van der Waals surface area contributed by atoms with E-state index < -0.39 is 18.1 Å². The summed E-state index contributed by atoms with van der Waals surface area (Å²) in [4.78, 5) is 4.23. The number of halogens is 5. The lowest BCUT2D eigenvalue weighted by Crippen LogP contribution is -2.43. The predicted octanol–water partition coefficient (Wildman–Crippen LogP) is 5.27. The van der Waals surface area contributed by atoms with Crippen LogP contribution in [0.4, 0.5) is 13.2 Å². The number of alkyl halides is 3. The highest BCUT2D eigenvalue weighted by Crippen LogP contribution is 2.48. The van der Waals surface area contributed by atoms with Crippen LogP contribution in [-0.2, 0) is 5.41 Å². The third kappa shape index (κ3) is 3.29. The summed E-state index contributed by atoms with van der Waals surface area (Å²) in [6.45, 7) is -0.409. The molecule has 2 aromatic carbocycles. The molecule has 1 aliphatic heterocycles. The number of nitrogens with zero attached hydrogens (tertiary/aromatic N) is 4. The maximum atomic E-state index is 14.1. The van der Waals surface area contributed by atoms with Crippen molar-refractivity contribution in [2.24, 2.45) is 4.99 Å². The van der Waals surface area contributed by atoms with Gasteiger partial charge in [-0.1, -0.05) is 40.5 Å². The lowest BCUT2D eigenvalue weighted by molar-refractivity contribution is -0.183. The van der Waals surface area contributed by atoms with Crippen LogP contribution in [0.5, 0.6) is 0 Å². The highest BCUT2D eigenvalue weighted by atomic mass is 35.5. The van der Waals surface area contributed by atoms with E-state index in [4.69, 9.17) is 23.2 Å². The molecule has 0 N–H and O–H groups in total. The van der Waals surface area contributed by atoms with Gasteiger partial charge in [-0.3, -0.25) is 4.99 Å². The van der Waals surface area contributed by atoms with Crippen LogP contribution in [0, 0.1) is 0 Å². The van der Waals surface area contributed by atoms with E-state index in [0.717, 1.165) is 5.69 Å². The van der Waals surface area contributed by atoms with Gasteiger partial charge in [0.2, 0.25) is 0 Å². The molecule has 0 aliphatic carbocycles. The Bertz CT molecular complexity index is 1010. The Morgan fingerprint density at radius 3 is 2.25 bits per heavy atom. The Morgan fingerprint density at radius 2 is 1.68 bits per heavy atom. The molecule has 0 saturated carbocycles. The van der Waals surface area contributed by atoms with E-state index >= 15 is 0 Å². The molecule has 1 atom stereocenters. The first-order valence-electron chi connectivity index (χ1n) is 8.32. The number of hydrogen-bond donors (Lipinski definition) is 0. The minimum Gasteiger partial charge on any atom is -0.288 e. The van der Waals surface area contributed by atoms with Crippen molar-refractivity contribution in [1.29, 1.82) is 0 Å². The Balaban J connectivity index is 1.67. The summed E-state index contributed by atoms with van der Waals surface area (Å²) < 4.78 is 43.9. The Labute approximate surface area is 168 Å². The molecular formula is C19H13Cl2F3N4. The molecule has 0 bridgehead atoms. The molecule has 144 valence electrons. The van der Waals surface area contributed by atoms with Crippen LogP contribution in [0.25, 0.3) is 5.69 Å². The SMILES string of the molecule is FC(F)(F)C1(c2cc(Cl)cc(Cl)c2)CN=C(c2ccc(-n3ccnn3)cc2)C1. The van der Waals surface area contributed by atoms with Crippen molar-refractivity contribution in [1.82, 2.24) is 15.0 Å². The lowest BCUT2D eigenvalue weighted by Gasteiger charge is -2.31. The van der Waals surface area contributed by atoms with Gasteiger partial charge in [0.15, 0.2) is 0 Å². The van der Waals surface area contributed by atoms with Crippen molar-refractivity contribution in [3.8, 4) is 5.69 Å². The Hall–Kier alpha value is -2.38. The fourth-order valence-corrected chi connectivity index (χ4v) is 3.88. The summed E-state index contributed by atoms with van der Waals surface area (Å²) in [7, 11) is 0. The summed E-state index contributed by atoms with van der Waals surface area (Å²) in [5, 5.41) is 7.95. The molecule has 9 heteroatoms. The quantitative estimate of drug-likeness (QED) is 0.574. The summed E-state index contributed by atoms with van der Waals surface area (Å²) in [5.41, 5.74) is -0.359. The van der Waals surface area contributed by atoms with Gasteiger partial charge in [-0.2, -0.15) is 13.2 Å². The van der Waals surface area contributed by atoms with E-state index in [2.05, 4.69) is 15.3 Å². The van der Waals surface area contributed by atoms with Gasteiger partial charge in [0, 0.05) is 22.2 Å². The molecule has 0 fully saturated rings. The molecule has 1 aliphatic rings. The Morgan fingerprint density at radius 1 is 1.00 bits per heavy atom. The van der Waals surface area contributed by atoms with E-state index in [9.17, 15) is 13.2 Å². The van der Waals surface area contributed by atoms with Gasteiger partial charge in [-0.05, 0) is 41.5 Å². The first-order chi connectivity index (χ1) is 13.3. The van der Waals surface area contributed by atoms with Crippen LogP contribution in [0.2, 0.25) is 10.0 Å². The largest absolute Gasteiger partial charge is 0.400 e. The molecule has 3 aromatic rings. The van der Waals surface area contributed by atoms with Crippen LogP contribution in [0.1, 0.15) is 17.5 Å². The molecule has 0 radical (unpaired) electrons. The first kappa shape index (κ1) is 19.0. The highest BCUT2D eigenvalue weighted by Gasteiger charge is 2.58. The third-order valence-electron chi connectivity index (χ3n) is 4.85. The van der Waals surface area contributed by atoms with Crippen molar-refractivity contribution in [3.63, 3.8) is 0 Å². The minimum absolute atomic E-state index is 0.0236. The minimum atomic E-state index is -4.51. The van der Waals surface area contributed by atoms with E-state index in [0.29, 0.717) is 11.3 Å². The fourth-order valence-electron chi connectivity index (χ4n) is 3.35. The molecule has 0 saturated heterocycles. The molecule has 0 spiro atoms. The predicted molar refractivity (Wildman–Crippen MR) is 102 cm³/mol. The second-order valence-electron chi connectivity index (χ2n) is 6.57. The molecule has 1 unspecified atom stereocenters. The fraction of sp³-hybridized carbons (Fsp3) is 0.211. The molecule has 28 heavy (non-hydrogen) atoms. The summed E-state index contributed by atoms with van der Waals surface area (Å²) >= 11 is 11.9. The van der Waals surface area contributed by atoms with Gasteiger partial charge < -0.3 is 0 Å². The molecule has 1 aromatic heterocycles. The van der Waals surface area contributed by atoms with E-state index in [1.54, 1.807) is 41.3 Å². The van der Waals surface area contributed by atoms with Crippen LogP contribution >= 0.6 is 23.2 Å². The maximum absolute atomic E-state index is 14.1. The van der Waals surface area contributed by atoms with Crippen LogP contribution in [-0.4, -0.2) is 33.4 Å².